The zero-order valence-electron chi connectivity index (χ0n) is 17.5. The maximum atomic E-state index is 11.9. The van der Waals surface area contributed by atoms with Crippen molar-refractivity contribution in [3.05, 3.63) is 87.3 Å². The lowest BCUT2D eigenvalue weighted by Crippen LogP contribution is -2.32. The highest BCUT2D eigenvalue weighted by molar-refractivity contribution is 5.83. The summed E-state index contributed by atoms with van der Waals surface area (Å²) in [6.07, 6.45) is 0.687. The Balaban J connectivity index is 1.45. The number of fused-ring (bicyclic) bond motifs is 1. The molecule has 6 nitrogen and oxygen atoms in total. The van der Waals surface area contributed by atoms with Gasteiger partial charge >= 0.3 is 5.63 Å². The second-order valence-electron chi connectivity index (χ2n) is 7.71. The number of furan rings is 1. The summed E-state index contributed by atoms with van der Waals surface area (Å²) < 4.78 is 11.2. The minimum Gasteiger partial charge on any atom is -0.507 e. The average molecular weight is 419 g/mol. The van der Waals surface area contributed by atoms with E-state index in [1.54, 1.807) is 13.0 Å². The van der Waals surface area contributed by atoms with Gasteiger partial charge in [-0.15, -0.1) is 0 Å². The maximum Gasteiger partial charge on any atom is 0.343 e. The zero-order valence-corrected chi connectivity index (χ0v) is 17.5. The van der Waals surface area contributed by atoms with Crippen LogP contribution in [0.15, 0.2) is 68.2 Å². The van der Waals surface area contributed by atoms with E-state index in [4.69, 9.17) is 8.83 Å². The van der Waals surface area contributed by atoms with E-state index in [0.717, 1.165) is 22.9 Å². The Morgan fingerprint density at radius 3 is 2.52 bits per heavy atom. The summed E-state index contributed by atoms with van der Waals surface area (Å²) in [4.78, 5) is 11.9. The first-order valence-corrected chi connectivity index (χ1v) is 10.2. The second-order valence-corrected chi connectivity index (χ2v) is 7.71. The molecule has 4 aromatic rings. The molecule has 0 aliphatic rings. The van der Waals surface area contributed by atoms with E-state index in [0.29, 0.717) is 29.9 Å². The molecule has 0 aliphatic carbocycles. The molecule has 2 aromatic carbocycles. The monoisotopic (exact) mass is 419 g/mol. The standard InChI is InChI=1S/C25H25NO5/c1-15-23(28)16(2)25(29)31-24(15)21-14-19-12-18(8-9-20(19)30-21)10-11-26-22(27)13-17-6-4-3-5-7-17/h3-9,12,14,22,26-28H,10-11,13H2,1-2H3. The van der Waals surface area contributed by atoms with Crippen LogP contribution in [0.4, 0.5) is 0 Å². The zero-order chi connectivity index (χ0) is 22.0. The fourth-order valence-corrected chi connectivity index (χ4v) is 3.62. The smallest absolute Gasteiger partial charge is 0.343 e. The summed E-state index contributed by atoms with van der Waals surface area (Å²) in [5, 5.41) is 24.4. The lowest BCUT2D eigenvalue weighted by atomic mass is 10.1. The number of aromatic hydroxyl groups is 1. The van der Waals surface area contributed by atoms with Gasteiger partial charge in [0, 0.05) is 23.9 Å². The molecule has 31 heavy (non-hydrogen) atoms. The lowest BCUT2D eigenvalue weighted by Gasteiger charge is -2.12. The largest absolute Gasteiger partial charge is 0.507 e. The van der Waals surface area contributed by atoms with Crippen molar-refractivity contribution in [2.45, 2.75) is 32.9 Å². The van der Waals surface area contributed by atoms with Gasteiger partial charge in [-0.2, -0.15) is 0 Å². The summed E-state index contributed by atoms with van der Waals surface area (Å²) in [5.74, 6) is 0.553. The van der Waals surface area contributed by atoms with Gasteiger partial charge in [0.15, 0.2) is 11.5 Å². The molecule has 0 aliphatic heterocycles. The first-order chi connectivity index (χ1) is 14.9. The van der Waals surface area contributed by atoms with Crippen LogP contribution in [0, 0.1) is 13.8 Å². The van der Waals surface area contributed by atoms with E-state index < -0.39 is 11.9 Å². The molecule has 0 amide bonds. The molecular weight excluding hydrogens is 394 g/mol. The molecule has 0 bridgehead atoms. The Bertz CT molecular complexity index is 1260. The number of aliphatic hydroxyl groups is 1. The Kier molecular flexibility index (Phi) is 5.93. The fraction of sp³-hybridized carbons (Fsp3) is 0.240. The van der Waals surface area contributed by atoms with Crippen LogP contribution >= 0.6 is 0 Å². The lowest BCUT2D eigenvalue weighted by molar-refractivity contribution is 0.138. The van der Waals surface area contributed by atoms with Gasteiger partial charge in [0.1, 0.15) is 17.6 Å². The van der Waals surface area contributed by atoms with Crippen LogP contribution in [0.25, 0.3) is 22.5 Å². The van der Waals surface area contributed by atoms with Crippen molar-refractivity contribution in [3.8, 4) is 17.3 Å². The summed E-state index contributed by atoms with van der Waals surface area (Å²) >= 11 is 0. The number of aliphatic hydroxyl groups excluding tert-OH is 1. The number of hydrogen-bond acceptors (Lipinski definition) is 6. The highest BCUT2D eigenvalue weighted by Gasteiger charge is 2.18. The van der Waals surface area contributed by atoms with Crippen molar-refractivity contribution in [1.82, 2.24) is 5.32 Å². The Morgan fingerprint density at radius 2 is 1.74 bits per heavy atom. The van der Waals surface area contributed by atoms with Crippen molar-refractivity contribution >= 4 is 11.0 Å². The van der Waals surface area contributed by atoms with E-state index in [2.05, 4.69) is 5.32 Å². The third-order valence-electron chi connectivity index (χ3n) is 5.42. The Labute approximate surface area is 179 Å². The van der Waals surface area contributed by atoms with Crippen molar-refractivity contribution < 1.29 is 19.0 Å². The molecule has 4 rings (SSSR count). The third-order valence-corrected chi connectivity index (χ3v) is 5.42. The predicted octanol–water partition coefficient (Wildman–Crippen LogP) is 4.07. The summed E-state index contributed by atoms with van der Waals surface area (Å²) in [6.45, 7) is 3.84. The van der Waals surface area contributed by atoms with Crippen molar-refractivity contribution in [2.75, 3.05) is 6.54 Å². The first-order valence-electron chi connectivity index (χ1n) is 10.2. The third kappa shape index (κ3) is 4.55. The molecule has 1 unspecified atom stereocenters. The van der Waals surface area contributed by atoms with Gasteiger partial charge in [0.05, 0.1) is 5.56 Å². The minimum atomic E-state index is -0.605. The number of benzene rings is 2. The van der Waals surface area contributed by atoms with Crippen LogP contribution in [0.3, 0.4) is 0 Å². The number of nitrogens with one attached hydrogen (secondary N) is 1. The van der Waals surface area contributed by atoms with Gasteiger partial charge < -0.3 is 19.0 Å². The number of hydrogen-bond donors (Lipinski definition) is 3. The quantitative estimate of drug-likeness (QED) is 0.391. The van der Waals surface area contributed by atoms with Crippen LogP contribution in [-0.4, -0.2) is 23.0 Å². The van der Waals surface area contributed by atoms with Crippen LogP contribution < -0.4 is 10.9 Å². The van der Waals surface area contributed by atoms with Gasteiger partial charge in [-0.05, 0) is 49.6 Å². The number of rotatable bonds is 7. The first kappa shape index (κ1) is 20.9. The van der Waals surface area contributed by atoms with Gasteiger partial charge in [-0.3, -0.25) is 5.32 Å². The minimum absolute atomic E-state index is 0.0764. The normalized spacial score (nSPS) is 12.4. The fourth-order valence-electron chi connectivity index (χ4n) is 3.62. The predicted molar refractivity (Wildman–Crippen MR) is 119 cm³/mol. The molecule has 1 atom stereocenters. The average Bonchev–Trinajstić information content (AvgIpc) is 3.18. The molecule has 0 radical (unpaired) electrons. The molecule has 0 fully saturated rings. The van der Waals surface area contributed by atoms with E-state index in [-0.39, 0.29) is 17.1 Å². The Morgan fingerprint density at radius 1 is 0.968 bits per heavy atom. The van der Waals surface area contributed by atoms with Gasteiger partial charge in [0.2, 0.25) is 0 Å². The molecule has 3 N–H and O–H groups in total. The summed E-state index contributed by atoms with van der Waals surface area (Å²) in [6, 6.07) is 17.5. The SMILES string of the molecule is Cc1c(-c2cc3cc(CCNC(O)Cc4ccccc4)ccc3o2)oc(=O)c(C)c1O. The summed E-state index contributed by atoms with van der Waals surface area (Å²) in [7, 11) is 0. The van der Waals surface area contributed by atoms with Crippen LogP contribution in [0.2, 0.25) is 0 Å². The van der Waals surface area contributed by atoms with Crippen molar-refractivity contribution in [1.29, 1.82) is 0 Å². The van der Waals surface area contributed by atoms with E-state index in [1.165, 1.54) is 6.92 Å². The molecule has 0 saturated carbocycles. The van der Waals surface area contributed by atoms with Gasteiger partial charge in [0.25, 0.3) is 0 Å². The Hall–Kier alpha value is -3.35. The van der Waals surface area contributed by atoms with Crippen LogP contribution in [-0.2, 0) is 12.8 Å². The van der Waals surface area contributed by atoms with Crippen LogP contribution in [0.5, 0.6) is 5.75 Å². The molecule has 2 aromatic heterocycles. The molecule has 0 spiro atoms. The van der Waals surface area contributed by atoms with E-state index in [9.17, 15) is 15.0 Å². The second kappa shape index (κ2) is 8.79. The molecular formula is C25H25NO5. The highest BCUT2D eigenvalue weighted by atomic mass is 16.4. The topological polar surface area (TPSA) is 95.8 Å². The van der Waals surface area contributed by atoms with Gasteiger partial charge in [-0.1, -0.05) is 36.4 Å². The van der Waals surface area contributed by atoms with Crippen molar-refractivity contribution in [3.63, 3.8) is 0 Å². The van der Waals surface area contributed by atoms with E-state index in [1.807, 2.05) is 48.5 Å². The maximum absolute atomic E-state index is 11.9. The van der Waals surface area contributed by atoms with Crippen molar-refractivity contribution in [2.24, 2.45) is 0 Å². The van der Waals surface area contributed by atoms with Gasteiger partial charge in [-0.25, -0.2) is 4.79 Å². The van der Waals surface area contributed by atoms with E-state index >= 15 is 0 Å². The molecule has 2 heterocycles. The highest BCUT2D eigenvalue weighted by Crippen LogP contribution is 2.33. The van der Waals surface area contributed by atoms with Crippen LogP contribution in [0.1, 0.15) is 22.3 Å². The molecule has 0 saturated heterocycles. The molecule has 6 heteroatoms. The molecule has 160 valence electrons. The summed E-state index contributed by atoms with van der Waals surface area (Å²) in [5.41, 5.74) is 2.90.